The van der Waals surface area contributed by atoms with Gasteiger partial charge in [-0.05, 0) is 29.8 Å². The lowest BCUT2D eigenvalue weighted by Gasteiger charge is -2.16. The molecule has 0 heterocycles. The van der Waals surface area contributed by atoms with E-state index in [4.69, 9.17) is 11.6 Å². The SMILES string of the molecule is O=C(NC(=O)C(Br)C(Br)c1ccc(Cl)cc1)c1ccccc1. The van der Waals surface area contributed by atoms with E-state index in [2.05, 4.69) is 37.2 Å². The summed E-state index contributed by atoms with van der Waals surface area (Å²) in [5, 5.41) is 3.00. The van der Waals surface area contributed by atoms with Crippen molar-refractivity contribution in [2.45, 2.75) is 9.65 Å². The molecule has 0 aliphatic rings. The molecule has 0 spiro atoms. The maximum Gasteiger partial charge on any atom is 0.257 e. The van der Waals surface area contributed by atoms with E-state index in [9.17, 15) is 9.59 Å². The van der Waals surface area contributed by atoms with Gasteiger partial charge in [0.15, 0.2) is 0 Å². The predicted octanol–water partition coefficient (Wildman–Crippen LogP) is 4.50. The van der Waals surface area contributed by atoms with Crippen LogP contribution in [-0.2, 0) is 4.79 Å². The average molecular weight is 446 g/mol. The molecule has 2 amide bonds. The van der Waals surface area contributed by atoms with Crippen LogP contribution in [0.3, 0.4) is 0 Å². The summed E-state index contributed by atoms with van der Waals surface area (Å²) in [5.41, 5.74) is 1.32. The van der Waals surface area contributed by atoms with Crippen molar-refractivity contribution in [3.8, 4) is 0 Å². The third-order valence-corrected chi connectivity index (χ3v) is 5.93. The first-order valence-corrected chi connectivity index (χ1v) is 8.64. The minimum absolute atomic E-state index is 0.284. The van der Waals surface area contributed by atoms with Crippen LogP contribution in [0.1, 0.15) is 20.7 Å². The second kappa shape index (κ2) is 7.90. The van der Waals surface area contributed by atoms with E-state index in [-0.39, 0.29) is 4.83 Å². The summed E-state index contributed by atoms with van der Waals surface area (Å²) in [5.74, 6) is -0.837. The van der Waals surface area contributed by atoms with Gasteiger partial charge >= 0.3 is 0 Å². The normalized spacial score (nSPS) is 13.2. The van der Waals surface area contributed by atoms with Gasteiger partial charge in [-0.15, -0.1) is 0 Å². The lowest BCUT2D eigenvalue weighted by atomic mass is 10.1. The zero-order valence-electron chi connectivity index (χ0n) is 11.3. The molecule has 0 saturated heterocycles. The largest absolute Gasteiger partial charge is 0.291 e. The standard InChI is InChI=1S/C16H12Br2ClNO2/c17-13(10-6-8-12(19)9-7-10)14(18)16(22)20-15(21)11-4-2-1-3-5-11/h1-9,13-14H,(H,20,21,22). The Labute approximate surface area is 150 Å². The monoisotopic (exact) mass is 443 g/mol. The Morgan fingerprint density at radius 2 is 1.55 bits per heavy atom. The topological polar surface area (TPSA) is 46.2 Å². The van der Waals surface area contributed by atoms with Gasteiger partial charge in [0.05, 0.1) is 4.83 Å². The second-order valence-electron chi connectivity index (χ2n) is 4.54. The van der Waals surface area contributed by atoms with Crippen LogP contribution in [0.15, 0.2) is 54.6 Å². The Hall–Kier alpha value is -1.17. The number of hydrogen-bond donors (Lipinski definition) is 1. The number of halogens is 3. The first-order chi connectivity index (χ1) is 10.5. The van der Waals surface area contributed by atoms with Gasteiger partial charge in [0.2, 0.25) is 5.91 Å². The van der Waals surface area contributed by atoms with Crippen molar-refractivity contribution < 1.29 is 9.59 Å². The van der Waals surface area contributed by atoms with Crippen molar-refractivity contribution in [1.82, 2.24) is 5.32 Å². The van der Waals surface area contributed by atoms with Gasteiger partial charge in [0, 0.05) is 10.6 Å². The van der Waals surface area contributed by atoms with Gasteiger partial charge < -0.3 is 0 Å². The Balaban J connectivity index is 2.02. The highest BCUT2D eigenvalue weighted by atomic mass is 79.9. The fourth-order valence-corrected chi connectivity index (χ4v) is 2.88. The minimum Gasteiger partial charge on any atom is -0.291 e. The van der Waals surface area contributed by atoms with E-state index >= 15 is 0 Å². The molecule has 0 aliphatic heterocycles. The summed E-state index contributed by atoms with van der Waals surface area (Å²) in [6, 6.07) is 15.7. The molecule has 2 aromatic rings. The maximum atomic E-state index is 12.2. The highest BCUT2D eigenvalue weighted by molar-refractivity contribution is 9.12. The van der Waals surface area contributed by atoms with Gasteiger partial charge in [0.25, 0.3) is 5.91 Å². The highest BCUT2D eigenvalue weighted by Crippen LogP contribution is 2.32. The van der Waals surface area contributed by atoms with E-state index in [0.29, 0.717) is 10.6 Å². The molecule has 0 bridgehead atoms. The minimum atomic E-state index is -0.596. The summed E-state index contributed by atoms with van der Waals surface area (Å²) >= 11 is 12.6. The van der Waals surface area contributed by atoms with Gasteiger partial charge in [-0.25, -0.2) is 0 Å². The van der Waals surface area contributed by atoms with Crippen LogP contribution < -0.4 is 5.32 Å². The molecule has 2 unspecified atom stereocenters. The fraction of sp³-hybridized carbons (Fsp3) is 0.125. The van der Waals surface area contributed by atoms with Crippen LogP contribution in [0, 0.1) is 0 Å². The van der Waals surface area contributed by atoms with Gasteiger partial charge in [-0.1, -0.05) is 73.8 Å². The first kappa shape index (κ1) is 17.2. The van der Waals surface area contributed by atoms with E-state index in [1.165, 1.54) is 0 Å². The summed E-state index contributed by atoms with van der Waals surface area (Å²) in [6.07, 6.45) is 0. The zero-order chi connectivity index (χ0) is 16.1. The molecule has 0 fully saturated rings. The van der Waals surface area contributed by atoms with E-state index in [1.54, 1.807) is 42.5 Å². The Morgan fingerprint density at radius 1 is 0.955 bits per heavy atom. The van der Waals surface area contributed by atoms with Crippen LogP contribution in [-0.4, -0.2) is 16.6 Å². The molecule has 3 nitrogen and oxygen atoms in total. The molecular weight excluding hydrogens is 433 g/mol. The molecule has 22 heavy (non-hydrogen) atoms. The fourth-order valence-electron chi connectivity index (χ4n) is 1.79. The number of amides is 2. The Morgan fingerprint density at radius 3 is 2.14 bits per heavy atom. The number of benzene rings is 2. The quantitative estimate of drug-likeness (QED) is 0.705. The summed E-state index contributed by atoms with van der Waals surface area (Å²) in [7, 11) is 0. The number of carbonyl (C=O) groups is 2. The lowest BCUT2D eigenvalue weighted by Crippen LogP contribution is -2.37. The van der Waals surface area contributed by atoms with Crippen LogP contribution >= 0.6 is 43.5 Å². The number of nitrogens with one attached hydrogen (secondary N) is 1. The molecule has 2 atom stereocenters. The third-order valence-electron chi connectivity index (χ3n) is 2.97. The summed E-state index contributed by atoms with van der Waals surface area (Å²) in [6.45, 7) is 0. The number of rotatable bonds is 4. The molecule has 2 rings (SSSR count). The second-order valence-corrected chi connectivity index (χ2v) is 6.95. The molecule has 6 heteroatoms. The van der Waals surface area contributed by atoms with Crippen LogP contribution in [0.25, 0.3) is 0 Å². The number of imide groups is 1. The summed E-state index contributed by atoms with van der Waals surface area (Å²) in [4.78, 5) is 23.3. The van der Waals surface area contributed by atoms with Crippen LogP contribution in [0.5, 0.6) is 0 Å². The van der Waals surface area contributed by atoms with Crippen molar-refractivity contribution in [1.29, 1.82) is 0 Å². The average Bonchev–Trinajstić information content (AvgIpc) is 2.55. The Kier molecular flexibility index (Phi) is 6.17. The van der Waals surface area contributed by atoms with Gasteiger partial charge in [0.1, 0.15) is 4.83 Å². The molecule has 1 N–H and O–H groups in total. The third kappa shape index (κ3) is 4.41. The molecular formula is C16H12Br2ClNO2. The molecule has 0 saturated carbocycles. The van der Waals surface area contributed by atoms with E-state index < -0.39 is 16.6 Å². The van der Waals surface area contributed by atoms with Crippen LogP contribution in [0.2, 0.25) is 5.02 Å². The molecule has 0 aromatic heterocycles. The lowest BCUT2D eigenvalue weighted by molar-refractivity contribution is -0.119. The Bertz CT molecular complexity index is 662. The first-order valence-electron chi connectivity index (χ1n) is 6.43. The number of alkyl halides is 2. The van der Waals surface area contributed by atoms with Crippen molar-refractivity contribution in [3.05, 3.63) is 70.7 Å². The molecule has 0 radical (unpaired) electrons. The number of carbonyl (C=O) groups excluding carboxylic acids is 2. The van der Waals surface area contributed by atoms with E-state index in [0.717, 1.165) is 5.56 Å². The van der Waals surface area contributed by atoms with Crippen molar-refractivity contribution in [3.63, 3.8) is 0 Å². The predicted molar refractivity (Wildman–Crippen MR) is 94.8 cm³/mol. The van der Waals surface area contributed by atoms with Crippen molar-refractivity contribution >= 4 is 55.3 Å². The maximum absolute atomic E-state index is 12.2. The van der Waals surface area contributed by atoms with Gasteiger partial charge in [-0.2, -0.15) is 0 Å². The van der Waals surface area contributed by atoms with Crippen molar-refractivity contribution in [2.24, 2.45) is 0 Å². The van der Waals surface area contributed by atoms with E-state index in [1.807, 2.05) is 12.1 Å². The summed E-state index contributed by atoms with van der Waals surface area (Å²) < 4.78 is 0. The molecule has 0 aliphatic carbocycles. The van der Waals surface area contributed by atoms with Crippen LogP contribution in [0.4, 0.5) is 0 Å². The van der Waals surface area contributed by atoms with Gasteiger partial charge in [-0.3, -0.25) is 14.9 Å². The zero-order valence-corrected chi connectivity index (χ0v) is 15.2. The smallest absolute Gasteiger partial charge is 0.257 e. The number of hydrogen-bond acceptors (Lipinski definition) is 2. The molecule has 114 valence electrons. The van der Waals surface area contributed by atoms with Crippen molar-refractivity contribution in [2.75, 3.05) is 0 Å². The molecule has 2 aromatic carbocycles. The highest BCUT2D eigenvalue weighted by Gasteiger charge is 2.26.